The van der Waals surface area contributed by atoms with Crippen LogP contribution in [0.3, 0.4) is 0 Å². The third-order valence-corrected chi connectivity index (χ3v) is 3.96. The van der Waals surface area contributed by atoms with Crippen LogP contribution in [0, 0.1) is 5.92 Å². The lowest BCUT2D eigenvalue weighted by atomic mass is 10.1. The van der Waals surface area contributed by atoms with Gasteiger partial charge in [0.2, 0.25) is 5.88 Å². The van der Waals surface area contributed by atoms with Crippen LogP contribution in [0.4, 0.5) is 0 Å². The van der Waals surface area contributed by atoms with Crippen LogP contribution in [0.5, 0.6) is 5.88 Å². The Labute approximate surface area is 124 Å². The summed E-state index contributed by atoms with van der Waals surface area (Å²) in [6.07, 6.45) is 1.74. The van der Waals surface area contributed by atoms with Crippen LogP contribution in [0.2, 0.25) is 0 Å². The van der Waals surface area contributed by atoms with Gasteiger partial charge in [0.25, 0.3) is 0 Å². The summed E-state index contributed by atoms with van der Waals surface area (Å²) >= 11 is 11.3. The van der Waals surface area contributed by atoms with Gasteiger partial charge >= 0.3 is 0 Å². The molecule has 0 radical (unpaired) electrons. The second-order valence-electron chi connectivity index (χ2n) is 4.33. The summed E-state index contributed by atoms with van der Waals surface area (Å²) in [5.74, 6) is 1.44. The first kappa shape index (κ1) is 15.5. The third kappa shape index (κ3) is 3.05. The Bertz CT molecular complexity index is 430. The second-order valence-corrected chi connectivity index (χ2v) is 5.02. The molecular weight excluding hydrogens is 291 g/mol. The number of likely N-dealkylation sites (N-methyl/N-ethyl adjacent to an activating group) is 1. The molecule has 2 heterocycles. The lowest BCUT2D eigenvalue weighted by Gasteiger charge is -2.25. The number of thiocarbonyl (C=S) groups is 1. The molecule has 0 N–H and O–H groups in total. The van der Waals surface area contributed by atoms with Crippen molar-refractivity contribution >= 4 is 41.2 Å². The molecule has 0 bridgehead atoms. The molecule has 1 aliphatic heterocycles. The van der Waals surface area contributed by atoms with Gasteiger partial charge in [0.15, 0.2) is 0 Å². The van der Waals surface area contributed by atoms with E-state index in [1.54, 1.807) is 6.20 Å². The van der Waals surface area contributed by atoms with Gasteiger partial charge in [-0.2, -0.15) is 0 Å². The molecule has 100 valence electrons. The largest absolute Gasteiger partial charge is 0.472 e. The normalized spacial score (nSPS) is 20.3. The van der Waals surface area contributed by atoms with E-state index in [0.717, 1.165) is 17.1 Å². The molecule has 1 aromatic heterocycles. The lowest BCUT2D eigenvalue weighted by molar-refractivity contribution is 0.131. The first-order valence-corrected chi connectivity index (χ1v) is 6.51. The van der Waals surface area contributed by atoms with Crippen molar-refractivity contribution in [3.63, 3.8) is 0 Å². The van der Waals surface area contributed by atoms with Crippen LogP contribution in [-0.2, 0) is 0 Å². The molecule has 0 amide bonds. The Morgan fingerprint density at radius 1 is 1.67 bits per heavy atom. The summed E-state index contributed by atoms with van der Waals surface area (Å²) in [6.45, 7) is 2.81. The molecule has 6 heteroatoms. The molecule has 0 aromatic carbocycles. The van der Waals surface area contributed by atoms with Crippen LogP contribution in [0.1, 0.15) is 12.5 Å². The highest BCUT2D eigenvalue weighted by molar-refractivity contribution is 7.80. The summed E-state index contributed by atoms with van der Waals surface area (Å²) in [4.78, 5) is 7.05. The highest BCUT2D eigenvalue weighted by Crippen LogP contribution is 2.25. The number of hydrogen-bond donors (Lipinski definition) is 0. The zero-order valence-electron chi connectivity index (χ0n) is 10.3. The summed E-state index contributed by atoms with van der Waals surface area (Å²) in [7, 11) is 1.97. The highest BCUT2D eigenvalue weighted by atomic mass is 35.5. The number of nitrogens with zero attached hydrogens (tertiary/aromatic N) is 2. The van der Waals surface area contributed by atoms with Gasteiger partial charge in [-0.1, -0.05) is 19.1 Å². The number of aromatic nitrogens is 1. The van der Waals surface area contributed by atoms with Crippen molar-refractivity contribution in [3.05, 3.63) is 23.9 Å². The van der Waals surface area contributed by atoms with Gasteiger partial charge in [0.05, 0.1) is 12.1 Å². The van der Waals surface area contributed by atoms with Gasteiger partial charge in [-0.3, -0.25) is 0 Å². The van der Waals surface area contributed by atoms with Gasteiger partial charge < -0.3 is 9.64 Å². The summed E-state index contributed by atoms with van der Waals surface area (Å²) < 4.78 is 5.93. The third-order valence-electron chi connectivity index (χ3n) is 2.94. The van der Waals surface area contributed by atoms with Crippen LogP contribution in [0.15, 0.2) is 18.3 Å². The van der Waals surface area contributed by atoms with E-state index in [2.05, 4.69) is 11.9 Å². The number of halogens is 2. The van der Waals surface area contributed by atoms with Gasteiger partial charge in [-0.15, -0.1) is 24.0 Å². The van der Waals surface area contributed by atoms with E-state index in [1.807, 2.05) is 24.1 Å². The van der Waals surface area contributed by atoms with Gasteiger partial charge in [-0.25, -0.2) is 4.98 Å². The molecule has 0 aliphatic carbocycles. The topological polar surface area (TPSA) is 25.4 Å². The molecular formula is C12H16Cl2N2OS. The molecule has 0 saturated heterocycles. The van der Waals surface area contributed by atoms with E-state index in [4.69, 9.17) is 28.6 Å². The Morgan fingerprint density at radius 2 is 2.39 bits per heavy atom. The highest BCUT2D eigenvalue weighted by Gasteiger charge is 2.28. The van der Waals surface area contributed by atoms with E-state index >= 15 is 0 Å². The van der Waals surface area contributed by atoms with E-state index in [-0.39, 0.29) is 24.4 Å². The fourth-order valence-corrected chi connectivity index (χ4v) is 2.21. The number of fused-ring (bicyclic) bond motifs is 1. The Morgan fingerprint density at radius 3 is 3.06 bits per heavy atom. The van der Waals surface area contributed by atoms with Crippen LogP contribution >= 0.6 is 36.2 Å². The van der Waals surface area contributed by atoms with Crippen molar-refractivity contribution in [3.8, 4) is 5.88 Å². The van der Waals surface area contributed by atoms with E-state index in [1.165, 1.54) is 0 Å². The van der Waals surface area contributed by atoms with Crippen LogP contribution in [0.25, 0.3) is 0 Å². The lowest BCUT2D eigenvalue weighted by Crippen LogP contribution is -2.37. The molecule has 2 rings (SSSR count). The SMILES string of the molecule is CC(CCl)C1CN(C)C(=S)c2cccnc2O1.Cl. The van der Waals surface area contributed by atoms with Crippen molar-refractivity contribution in [2.45, 2.75) is 13.0 Å². The minimum absolute atomic E-state index is 0. The Kier molecular flexibility index (Phi) is 5.63. The molecule has 0 spiro atoms. The zero-order valence-corrected chi connectivity index (χ0v) is 12.7. The van der Waals surface area contributed by atoms with Crippen molar-refractivity contribution in [1.29, 1.82) is 0 Å². The Hall–Kier alpha value is -0.580. The van der Waals surface area contributed by atoms with Crippen LogP contribution in [-0.4, -0.2) is 40.4 Å². The fourth-order valence-electron chi connectivity index (χ4n) is 1.78. The van der Waals surface area contributed by atoms with Crippen LogP contribution < -0.4 is 4.74 Å². The molecule has 2 unspecified atom stereocenters. The first-order chi connectivity index (χ1) is 8.13. The standard InChI is InChI=1S/C12H15ClN2OS.ClH/c1-8(6-13)10-7-15(2)12(17)9-4-3-5-14-11(9)16-10;/h3-5,8,10H,6-7H2,1-2H3;1H. The molecule has 0 fully saturated rings. The van der Waals surface area contributed by atoms with Gasteiger partial charge in [-0.05, 0) is 12.1 Å². The molecule has 18 heavy (non-hydrogen) atoms. The first-order valence-electron chi connectivity index (χ1n) is 5.56. The average Bonchev–Trinajstić information content (AvgIpc) is 2.48. The number of alkyl halides is 1. The predicted molar refractivity (Wildman–Crippen MR) is 80.1 cm³/mol. The van der Waals surface area contributed by atoms with E-state index < -0.39 is 0 Å². The summed E-state index contributed by atoms with van der Waals surface area (Å²) in [5, 5.41) is 0. The van der Waals surface area contributed by atoms with Crippen molar-refractivity contribution in [1.82, 2.24) is 9.88 Å². The number of pyridine rings is 1. The molecule has 3 nitrogen and oxygen atoms in total. The number of rotatable bonds is 2. The van der Waals surface area contributed by atoms with Crippen molar-refractivity contribution in [2.24, 2.45) is 5.92 Å². The van der Waals surface area contributed by atoms with E-state index in [9.17, 15) is 0 Å². The maximum Gasteiger partial charge on any atom is 0.224 e. The van der Waals surface area contributed by atoms with Gasteiger partial charge in [0, 0.05) is 25.0 Å². The molecule has 2 atom stereocenters. The maximum atomic E-state index is 5.93. The smallest absolute Gasteiger partial charge is 0.224 e. The fraction of sp³-hybridized carbons (Fsp3) is 0.500. The Balaban J connectivity index is 0.00000162. The quantitative estimate of drug-likeness (QED) is 0.620. The van der Waals surface area contributed by atoms with Crippen molar-refractivity contribution < 1.29 is 4.74 Å². The maximum absolute atomic E-state index is 5.93. The number of ether oxygens (including phenoxy) is 1. The monoisotopic (exact) mass is 306 g/mol. The summed E-state index contributed by atoms with van der Waals surface area (Å²) in [6, 6.07) is 3.81. The minimum Gasteiger partial charge on any atom is -0.472 e. The van der Waals surface area contributed by atoms with Crippen molar-refractivity contribution in [2.75, 3.05) is 19.5 Å². The zero-order chi connectivity index (χ0) is 12.4. The molecule has 1 aromatic rings. The summed E-state index contributed by atoms with van der Waals surface area (Å²) in [5.41, 5.74) is 0.884. The second kappa shape index (κ2) is 6.55. The molecule has 1 aliphatic rings. The minimum atomic E-state index is 0. The predicted octanol–water partition coefficient (Wildman–Crippen LogP) is 2.75. The van der Waals surface area contributed by atoms with Gasteiger partial charge in [0.1, 0.15) is 11.1 Å². The average molecular weight is 307 g/mol. The number of hydrogen-bond acceptors (Lipinski definition) is 3. The molecule has 0 saturated carbocycles. The van der Waals surface area contributed by atoms with E-state index in [0.29, 0.717) is 11.8 Å².